The first-order valence-corrected chi connectivity index (χ1v) is 7.96. The van der Waals surface area contributed by atoms with E-state index in [0.29, 0.717) is 17.9 Å². The van der Waals surface area contributed by atoms with Crippen LogP contribution < -0.4 is 9.47 Å². The first-order valence-electron chi connectivity index (χ1n) is 7.96. The predicted molar refractivity (Wildman–Crippen MR) is 88.6 cm³/mol. The van der Waals surface area contributed by atoms with E-state index in [2.05, 4.69) is 6.92 Å². The van der Waals surface area contributed by atoms with Crippen LogP contribution in [0.15, 0.2) is 12.1 Å². The molecule has 0 amide bonds. The molecule has 0 aromatic heterocycles. The highest BCUT2D eigenvalue weighted by molar-refractivity contribution is 6.08. The minimum absolute atomic E-state index is 0.110. The van der Waals surface area contributed by atoms with Crippen molar-refractivity contribution in [2.75, 3.05) is 21.3 Å². The maximum Gasteiger partial charge on any atom is 0.338 e. The van der Waals surface area contributed by atoms with Crippen molar-refractivity contribution < 1.29 is 23.8 Å². The van der Waals surface area contributed by atoms with Gasteiger partial charge in [0.2, 0.25) is 0 Å². The zero-order valence-electron chi connectivity index (χ0n) is 14.4. The molecule has 0 N–H and O–H groups in total. The molecule has 0 unspecified atom stereocenters. The third kappa shape index (κ3) is 5.27. The van der Waals surface area contributed by atoms with E-state index in [1.165, 1.54) is 33.8 Å². The molecule has 128 valence electrons. The van der Waals surface area contributed by atoms with Crippen LogP contribution >= 0.6 is 0 Å². The second-order valence-electron chi connectivity index (χ2n) is 5.33. The van der Waals surface area contributed by atoms with Gasteiger partial charge >= 0.3 is 5.97 Å². The lowest BCUT2D eigenvalue weighted by Crippen LogP contribution is -2.13. The highest BCUT2D eigenvalue weighted by atomic mass is 16.5. The minimum Gasteiger partial charge on any atom is -0.497 e. The van der Waals surface area contributed by atoms with Crippen molar-refractivity contribution in [2.45, 2.75) is 45.4 Å². The molecule has 23 heavy (non-hydrogen) atoms. The van der Waals surface area contributed by atoms with Crippen molar-refractivity contribution in [3.8, 4) is 11.5 Å². The maximum atomic E-state index is 12.6. The van der Waals surface area contributed by atoms with E-state index < -0.39 is 5.97 Å². The molecule has 0 spiro atoms. The Bertz CT molecular complexity index is 536. The fourth-order valence-electron chi connectivity index (χ4n) is 2.44. The smallest absolute Gasteiger partial charge is 0.338 e. The standard InChI is InChI=1S/C18H26O5/c1-5-6-7-8-9-10-15(19)17-14(18(20)23-4)11-13(21-2)12-16(17)22-3/h11-12H,5-10H2,1-4H3. The summed E-state index contributed by atoms with van der Waals surface area (Å²) in [5.74, 6) is 0.1000. The summed E-state index contributed by atoms with van der Waals surface area (Å²) in [6.07, 6.45) is 5.64. The molecule has 0 bridgehead atoms. The summed E-state index contributed by atoms with van der Waals surface area (Å²) in [6.45, 7) is 2.15. The van der Waals surface area contributed by atoms with Gasteiger partial charge in [0, 0.05) is 12.5 Å². The SMILES string of the molecule is CCCCCCCC(=O)c1c(OC)cc(OC)cc1C(=O)OC. The van der Waals surface area contributed by atoms with Gasteiger partial charge < -0.3 is 14.2 Å². The first-order chi connectivity index (χ1) is 11.1. The lowest BCUT2D eigenvalue weighted by atomic mass is 9.97. The number of unbranched alkanes of at least 4 members (excludes halogenated alkanes) is 4. The molecular weight excluding hydrogens is 296 g/mol. The maximum absolute atomic E-state index is 12.6. The zero-order valence-corrected chi connectivity index (χ0v) is 14.4. The van der Waals surface area contributed by atoms with Crippen molar-refractivity contribution in [3.05, 3.63) is 23.3 Å². The van der Waals surface area contributed by atoms with E-state index in [-0.39, 0.29) is 16.9 Å². The van der Waals surface area contributed by atoms with E-state index in [1.807, 2.05) is 0 Å². The molecule has 1 aromatic rings. The van der Waals surface area contributed by atoms with E-state index in [1.54, 1.807) is 6.07 Å². The molecule has 1 aromatic carbocycles. The van der Waals surface area contributed by atoms with Gasteiger partial charge in [0.25, 0.3) is 0 Å². The highest BCUT2D eigenvalue weighted by Crippen LogP contribution is 2.31. The third-order valence-corrected chi connectivity index (χ3v) is 3.72. The summed E-state index contributed by atoms with van der Waals surface area (Å²) in [6, 6.07) is 3.12. The molecule has 0 saturated carbocycles. The van der Waals surface area contributed by atoms with Gasteiger partial charge in [-0.1, -0.05) is 32.6 Å². The number of ketones is 1. The quantitative estimate of drug-likeness (QED) is 0.370. The van der Waals surface area contributed by atoms with E-state index in [4.69, 9.17) is 14.2 Å². The lowest BCUT2D eigenvalue weighted by molar-refractivity contribution is 0.0595. The van der Waals surface area contributed by atoms with Crippen molar-refractivity contribution in [1.29, 1.82) is 0 Å². The number of rotatable bonds is 10. The average molecular weight is 322 g/mol. The van der Waals surface area contributed by atoms with Crippen LogP contribution in [0.5, 0.6) is 11.5 Å². The van der Waals surface area contributed by atoms with Gasteiger partial charge in [-0.25, -0.2) is 4.79 Å². The Morgan fingerprint density at radius 1 is 0.957 bits per heavy atom. The Hall–Kier alpha value is -2.04. The highest BCUT2D eigenvalue weighted by Gasteiger charge is 2.23. The Balaban J connectivity index is 3.01. The molecule has 0 heterocycles. The fraction of sp³-hybridized carbons (Fsp3) is 0.556. The van der Waals surface area contributed by atoms with Crippen LogP contribution in [-0.4, -0.2) is 33.1 Å². The summed E-state index contributed by atoms with van der Waals surface area (Å²) in [5, 5.41) is 0. The summed E-state index contributed by atoms with van der Waals surface area (Å²) >= 11 is 0. The lowest BCUT2D eigenvalue weighted by Gasteiger charge is -2.14. The Labute approximate surface area is 137 Å². The van der Waals surface area contributed by atoms with Gasteiger partial charge in [-0.3, -0.25) is 4.79 Å². The van der Waals surface area contributed by atoms with Crippen LogP contribution in [0.2, 0.25) is 0 Å². The topological polar surface area (TPSA) is 61.8 Å². The summed E-state index contributed by atoms with van der Waals surface area (Å²) in [4.78, 5) is 24.6. The number of benzene rings is 1. The Morgan fingerprint density at radius 3 is 2.22 bits per heavy atom. The Morgan fingerprint density at radius 2 is 1.65 bits per heavy atom. The summed E-state index contributed by atoms with van der Waals surface area (Å²) in [5.41, 5.74) is 0.456. The molecule has 5 heteroatoms. The zero-order chi connectivity index (χ0) is 17.2. The van der Waals surface area contributed by atoms with Gasteiger partial charge in [-0.05, 0) is 12.5 Å². The van der Waals surface area contributed by atoms with Crippen molar-refractivity contribution >= 4 is 11.8 Å². The molecule has 0 saturated heterocycles. The second-order valence-corrected chi connectivity index (χ2v) is 5.33. The number of carbonyl (C=O) groups is 2. The third-order valence-electron chi connectivity index (χ3n) is 3.72. The number of ether oxygens (including phenoxy) is 3. The minimum atomic E-state index is -0.573. The van der Waals surface area contributed by atoms with Crippen molar-refractivity contribution in [2.24, 2.45) is 0 Å². The molecular formula is C18H26O5. The van der Waals surface area contributed by atoms with Gasteiger partial charge in [0.05, 0.1) is 32.5 Å². The molecule has 0 radical (unpaired) electrons. The van der Waals surface area contributed by atoms with E-state index in [0.717, 1.165) is 25.7 Å². The van der Waals surface area contributed by atoms with Crippen LogP contribution in [0.3, 0.4) is 0 Å². The van der Waals surface area contributed by atoms with Crippen LogP contribution in [0.1, 0.15) is 66.2 Å². The number of esters is 1. The number of hydrogen-bond acceptors (Lipinski definition) is 5. The first kappa shape index (κ1) is 19.0. The molecule has 0 aliphatic rings. The van der Waals surface area contributed by atoms with Crippen LogP contribution in [0, 0.1) is 0 Å². The van der Waals surface area contributed by atoms with Crippen molar-refractivity contribution in [3.63, 3.8) is 0 Å². The largest absolute Gasteiger partial charge is 0.497 e. The van der Waals surface area contributed by atoms with Gasteiger partial charge in [0.1, 0.15) is 11.5 Å². The number of methoxy groups -OCH3 is 3. The van der Waals surface area contributed by atoms with Gasteiger partial charge in [-0.2, -0.15) is 0 Å². The van der Waals surface area contributed by atoms with Gasteiger partial charge in [-0.15, -0.1) is 0 Å². The van der Waals surface area contributed by atoms with Crippen LogP contribution in [0.4, 0.5) is 0 Å². The van der Waals surface area contributed by atoms with E-state index in [9.17, 15) is 9.59 Å². The normalized spacial score (nSPS) is 10.3. The van der Waals surface area contributed by atoms with Gasteiger partial charge in [0.15, 0.2) is 5.78 Å². The molecule has 0 atom stereocenters. The Kier molecular flexibility index (Phi) is 8.16. The molecule has 0 fully saturated rings. The predicted octanol–water partition coefficient (Wildman–Crippen LogP) is 4.03. The summed E-state index contributed by atoms with van der Waals surface area (Å²) in [7, 11) is 4.24. The molecule has 0 aliphatic carbocycles. The average Bonchev–Trinajstić information content (AvgIpc) is 2.59. The number of Topliss-reactive ketones (excluding diaryl/α,β-unsaturated/α-hetero) is 1. The monoisotopic (exact) mass is 322 g/mol. The molecule has 1 rings (SSSR count). The van der Waals surface area contributed by atoms with Crippen LogP contribution in [-0.2, 0) is 4.74 Å². The number of carbonyl (C=O) groups excluding carboxylic acids is 2. The molecule has 5 nitrogen and oxygen atoms in total. The number of hydrogen-bond donors (Lipinski definition) is 0. The van der Waals surface area contributed by atoms with E-state index >= 15 is 0 Å². The summed E-state index contributed by atoms with van der Waals surface area (Å²) < 4.78 is 15.2. The second kappa shape index (κ2) is 9.87. The fourth-order valence-corrected chi connectivity index (χ4v) is 2.44. The van der Waals surface area contributed by atoms with Crippen molar-refractivity contribution in [1.82, 2.24) is 0 Å². The van der Waals surface area contributed by atoms with Crippen LogP contribution in [0.25, 0.3) is 0 Å². The molecule has 0 aliphatic heterocycles.